The Hall–Kier alpha value is -3.51. The second kappa shape index (κ2) is 11.3. The highest BCUT2D eigenvalue weighted by atomic mass is 16.5. The molecule has 194 valence electrons. The molecule has 0 saturated carbocycles. The molecule has 0 radical (unpaired) electrons. The van der Waals surface area contributed by atoms with Crippen LogP contribution in [0.3, 0.4) is 0 Å². The normalized spacial score (nSPS) is 18.9. The maximum atomic E-state index is 13.4. The Morgan fingerprint density at radius 1 is 0.892 bits per heavy atom. The van der Waals surface area contributed by atoms with E-state index in [4.69, 9.17) is 14.2 Å². The Morgan fingerprint density at radius 3 is 2.51 bits per heavy atom. The number of benzene rings is 3. The predicted molar refractivity (Wildman–Crippen MR) is 145 cm³/mol. The lowest BCUT2D eigenvalue weighted by Crippen LogP contribution is -2.44. The third-order valence-corrected chi connectivity index (χ3v) is 7.73. The van der Waals surface area contributed by atoms with Crippen LogP contribution >= 0.6 is 0 Å². The predicted octanol–water partition coefficient (Wildman–Crippen LogP) is 5.05. The smallest absolute Gasteiger partial charge is 0.234 e. The van der Waals surface area contributed by atoms with E-state index in [-0.39, 0.29) is 18.0 Å². The topological polar surface area (TPSA) is 60.0 Å². The van der Waals surface area contributed by atoms with Crippen molar-refractivity contribution in [3.63, 3.8) is 0 Å². The summed E-state index contributed by atoms with van der Waals surface area (Å²) < 4.78 is 16.7. The average Bonchev–Trinajstić information content (AvgIpc) is 2.93. The number of fused-ring (bicyclic) bond motifs is 2. The van der Waals surface area contributed by atoms with E-state index in [1.54, 1.807) is 21.3 Å². The van der Waals surface area contributed by atoms with Gasteiger partial charge in [0.25, 0.3) is 0 Å². The van der Waals surface area contributed by atoms with Crippen molar-refractivity contribution in [2.45, 2.75) is 44.2 Å². The molecule has 0 spiro atoms. The Balaban J connectivity index is 1.41. The molecule has 0 aromatic heterocycles. The molecule has 5 rings (SSSR count). The summed E-state index contributed by atoms with van der Waals surface area (Å²) in [5.74, 6) is 2.35. The highest BCUT2D eigenvalue weighted by Gasteiger charge is 2.31. The van der Waals surface area contributed by atoms with Gasteiger partial charge in [-0.2, -0.15) is 0 Å². The molecular formula is C31H36N2O4. The van der Waals surface area contributed by atoms with Crippen LogP contribution in [0, 0.1) is 0 Å². The summed E-state index contributed by atoms with van der Waals surface area (Å²) >= 11 is 0. The number of aryl methyl sites for hydroxylation is 1. The van der Waals surface area contributed by atoms with E-state index in [0.29, 0.717) is 12.3 Å². The van der Waals surface area contributed by atoms with E-state index < -0.39 is 0 Å². The van der Waals surface area contributed by atoms with Crippen LogP contribution in [0.15, 0.2) is 60.7 Å². The number of rotatable bonds is 8. The number of carbonyl (C=O) groups is 1. The molecule has 37 heavy (non-hydrogen) atoms. The minimum atomic E-state index is 0.0278. The number of ether oxygens (including phenoxy) is 3. The Bertz CT molecular complexity index is 1260. The molecule has 1 aliphatic carbocycles. The van der Waals surface area contributed by atoms with Gasteiger partial charge in [0.15, 0.2) is 11.5 Å². The van der Waals surface area contributed by atoms with Crippen LogP contribution in [0.2, 0.25) is 0 Å². The molecule has 0 fully saturated rings. The van der Waals surface area contributed by atoms with Gasteiger partial charge in [0.05, 0.1) is 33.9 Å². The summed E-state index contributed by atoms with van der Waals surface area (Å²) in [5, 5.41) is 3.34. The zero-order valence-electron chi connectivity index (χ0n) is 22.0. The van der Waals surface area contributed by atoms with Crippen molar-refractivity contribution in [2.75, 3.05) is 34.4 Å². The number of nitrogens with zero attached hydrogens (tertiary/aromatic N) is 1. The van der Waals surface area contributed by atoms with Crippen molar-refractivity contribution in [3.8, 4) is 17.2 Å². The van der Waals surface area contributed by atoms with Crippen molar-refractivity contribution >= 4 is 5.91 Å². The van der Waals surface area contributed by atoms with Gasteiger partial charge in [-0.3, -0.25) is 9.69 Å². The van der Waals surface area contributed by atoms with Crippen LogP contribution in [-0.2, 0) is 24.1 Å². The van der Waals surface area contributed by atoms with E-state index >= 15 is 0 Å². The molecule has 1 amide bonds. The minimum absolute atomic E-state index is 0.0278. The van der Waals surface area contributed by atoms with Gasteiger partial charge in [0.2, 0.25) is 5.91 Å². The number of amides is 1. The molecule has 2 aliphatic rings. The molecule has 1 aliphatic heterocycles. The van der Waals surface area contributed by atoms with E-state index in [1.807, 2.05) is 12.1 Å². The average molecular weight is 501 g/mol. The van der Waals surface area contributed by atoms with E-state index in [0.717, 1.165) is 50.1 Å². The van der Waals surface area contributed by atoms with Crippen LogP contribution in [-0.4, -0.2) is 45.2 Å². The second-order valence-electron chi connectivity index (χ2n) is 9.91. The highest BCUT2D eigenvalue weighted by molar-refractivity contribution is 5.78. The van der Waals surface area contributed by atoms with Gasteiger partial charge in [-0.15, -0.1) is 0 Å². The molecule has 0 saturated heterocycles. The molecule has 3 aromatic carbocycles. The first kappa shape index (κ1) is 25.2. The third kappa shape index (κ3) is 5.44. The van der Waals surface area contributed by atoms with Crippen LogP contribution in [0.25, 0.3) is 0 Å². The molecule has 2 atom stereocenters. The monoisotopic (exact) mass is 500 g/mol. The molecule has 1 heterocycles. The van der Waals surface area contributed by atoms with Crippen LogP contribution in [0.4, 0.5) is 0 Å². The van der Waals surface area contributed by atoms with E-state index in [9.17, 15) is 4.79 Å². The fourth-order valence-electron chi connectivity index (χ4n) is 5.86. The molecule has 2 unspecified atom stereocenters. The maximum Gasteiger partial charge on any atom is 0.234 e. The lowest BCUT2D eigenvalue weighted by atomic mass is 9.87. The van der Waals surface area contributed by atoms with Crippen LogP contribution in [0.1, 0.15) is 52.7 Å². The molecule has 0 bridgehead atoms. The quantitative estimate of drug-likeness (QED) is 0.469. The van der Waals surface area contributed by atoms with E-state index in [1.165, 1.54) is 27.8 Å². The zero-order chi connectivity index (χ0) is 25.8. The molecule has 1 N–H and O–H groups in total. The number of methoxy groups -OCH3 is 3. The minimum Gasteiger partial charge on any atom is -0.497 e. The fraction of sp³-hybridized carbons (Fsp3) is 0.387. The first-order chi connectivity index (χ1) is 18.1. The summed E-state index contributed by atoms with van der Waals surface area (Å²) in [6.07, 6.45) is 4.78. The van der Waals surface area contributed by atoms with Gasteiger partial charge >= 0.3 is 0 Å². The second-order valence-corrected chi connectivity index (χ2v) is 9.91. The Labute approximate surface area is 219 Å². The standard InChI is InChI=1S/C31H36N2O4/c1-35-24-11-6-8-21(16-24)17-28-26-19-30(37-3)29(36-2)18-23(26)14-15-33(28)20-31(34)32-27-13-7-10-22-9-4-5-12-25(22)27/h4-6,8-9,11-12,16,18-19,27-28H,7,10,13-15,17,20H2,1-3H3,(H,32,34). The molecular weight excluding hydrogens is 464 g/mol. The van der Waals surface area contributed by atoms with Crippen molar-refractivity contribution < 1.29 is 19.0 Å². The summed E-state index contributed by atoms with van der Waals surface area (Å²) in [4.78, 5) is 15.7. The van der Waals surface area contributed by atoms with Gasteiger partial charge < -0.3 is 19.5 Å². The largest absolute Gasteiger partial charge is 0.497 e. The van der Waals surface area contributed by atoms with Crippen molar-refractivity contribution in [3.05, 3.63) is 88.5 Å². The number of carbonyl (C=O) groups excluding carboxylic acids is 1. The van der Waals surface area contributed by atoms with Crippen molar-refractivity contribution in [2.24, 2.45) is 0 Å². The Morgan fingerprint density at radius 2 is 1.70 bits per heavy atom. The Kier molecular flexibility index (Phi) is 7.65. The van der Waals surface area contributed by atoms with Crippen molar-refractivity contribution in [1.82, 2.24) is 10.2 Å². The zero-order valence-corrected chi connectivity index (χ0v) is 22.0. The number of hydrogen-bond donors (Lipinski definition) is 1. The van der Waals surface area contributed by atoms with Gasteiger partial charge in [-0.1, -0.05) is 36.4 Å². The highest BCUT2D eigenvalue weighted by Crippen LogP contribution is 2.40. The molecule has 6 nitrogen and oxygen atoms in total. The summed E-state index contributed by atoms with van der Waals surface area (Å²) in [7, 11) is 5.02. The lowest BCUT2D eigenvalue weighted by molar-refractivity contribution is -0.123. The first-order valence-electron chi connectivity index (χ1n) is 13.1. The van der Waals surface area contributed by atoms with Gasteiger partial charge in [0, 0.05) is 12.6 Å². The van der Waals surface area contributed by atoms with Gasteiger partial charge in [-0.05, 0) is 84.2 Å². The van der Waals surface area contributed by atoms with Crippen LogP contribution < -0.4 is 19.5 Å². The van der Waals surface area contributed by atoms with E-state index in [2.05, 4.69) is 58.7 Å². The molecule has 6 heteroatoms. The van der Waals surface area contributed by atoms with Gasteiger partial charge in [-0.25, -0.2) is 0 Å². The molecule has 3 aromatic rings. The first-order valence-corrected chi connectivity index (χ1v) is 13.1. The fourth-order valence-corrected chi connectivity index (χ4v) is 5.86. The SMILES string of the molecule is COc1cccc(CC2c3cc(OC)c(OC)cc3CCN2CC(=O)NC2CCCc3ccccc32)c1. The lowest BCUT2D eigenvalue weighted by Gasteiger charge is -2.38. The summed E-state index contributed by atoms with van der Waals surface area (Å²) in [6, 6.07) is 20.9. The third-order valence-electron chi connectivity index (χ3n) is 7.73. The summed E-state index contributed by atoms with van der Waals surface area (Å²) in [5.41, 5.74) is 6.20. The summed E-state index contributed by atoms with van der Waals surface area (Å²) in [6.45, 7) is 1.15. The maximum absolute atomic E-state index is 13.4. The van der Waals surface area contributed by atoms with Crippen LogP contribution in [0.5, 0.6) is 17.2 Å². The van der Waals surface area contributed by atoms with Crippen molar-refractivity contribution in [1.29, 1.82) is 0 Å². The van der Waals surface area contributed by atoms with Gasteiger partial charge in [0.1, 0.15) is 5.75 Å². The number of hydrogen-bond acceptors (Lipinski definition) is 5. The number of nitrogens with one attached hydrogen (secondary N) is 1.